The predicted molar refractivity (Wildman–Crippen MR) is 103 cm³/mol. The zero-order valence-electron chi connectivity index (χ0n) is 14.9. The summed E-state index contributed by atoms with van der Waals surface area (Å²) in [5.41, 5.74) is -0.218. The van der Waals surface area contributed by atoms with Gasteiger partial charge in [0.2, 0.25) is 0 Å². The number of fused-ring (bicyclic) bond motifs is 3. The molecule has 0 fully saturated rings. The van der Waals surface area contributed by atoms with E-state index in [-0.39, 0.29) is 17.1 Å². The van der Waals surface area contributed by atoms with Crippen LogP contribution in [0.15, 0.2) is 69.9 Å². The maximum Gasteiger partial charge on any atom is 0.344 e. The van der Waals surface area contributed by atoms with E-state index in [1.807, 2.05) is 30.3 Å². The van der Waals surface area contributed by atoms with Crippen molar-refractivity contribution in [3.63, 3.8) is 0 Å². The second-order valence-electron chi connectivity index (χ2n) is 6.61. The van der Waals surface area contributed by atoms with Gasteiger partial charge in [-0.1, -0.05) is 42.5 Å². The van der Waals surface area contributed by atoms with Gasteiger partial charge in [-0.3, -0.25) is 0 Å². The monoisotopic (exact) mass is 362 g/mol. The summed E-state index contributed by atoms with van der Waals surface area (Å²) >= 11 is 0. The summed E-state index contributed by atoms with van der Waals surface area (Å²) in [5.74, 6) is 0.189. The molecule has 27 heavy (non-hydrogen) atoms. The number of hydrogen-bond acceptors (Lipinski definition) is 5. The molecule has 1 atom stereocenters. The number of phenols is 1. The average molecular weight is 362 g/mol. The second-order valence-corrected chi connectivity index (χ2v) is 6.61. The van der Waals surface area contributed by atoms with Gasteiger partial charge in [0.15, 0.2) is 11.5 Å². The molecular formula is C22H18O5. The van der Waals surface area contributed by atoms with Crippen molar-refractivity contribution in [1.29, 1.82) is 0 Å². The highest BCUT2D eigenvalue weighted by atomic mass is 16.5. The Balaban J connectivity index is 1.98. The smallest absolute Gasteiger partial charge is 0.344 e. The molecule has 5 nitrogen and oxygen atoms in total. The van der Waals surface area contributed by atoms with E-state index in [2.05, 4.69) is 0 Å². The summed E-state index contributed by atoms with van der Waals surface area (Å²) in [5, 5.41) is 22.6. The molecule has 0 saturated carbocycles. The van der Waals surface area contributed by atoms with Crippen LogP contribution in [0.3, 0.4) is 0 Å². The van der Waals surface area contributed by atoms with Gasteiger partial charge in [-0.25, -0.2) is 4.79 Å². The van der Waals surface area contributed by atoms with Crippen LogP contribution in [0.5, 0.6) is 11.5 Å². The van der Waals surface area contributed by atoms with E-state index in [0.717, 1.165) is 5.56 Å². The number of phenolic OH excluding ortho intramolecular Hbond substituents is 1. The Morgan fingerprint density at radius 3 is 2.37 bits per heavy atom. The number of aromatic hydroxyl groups is 1. The SMILES string of the molecule is COc1cc2c(cc1O)oc(=O)c1cc(C(C)(O)c3ccccc3)ccc12. The van der Waals surface area contributed by atoms with Crippen LogP contribution in [0, 0.1) is 0 Å². The third-order valence-electron chi connectivity index (χ3n) is 4.91. The molecule has 0 saturated heterocycles. The van der Waals surface area contributed by atoms with Gasteiger partial charge in [0, 0.05) is 16.8 Å². The maximum absolute atomic E-state index is 12.5. The van der Waals surface area contributed by atoms with E-state index < -0.39 is 11.2 Å². The zero-order chi connectivity index (χ0) is 19.2. The first-order valence-electron chi connectivity index (χ1n) is 8.48. The summed E-state index contributed by atoms with van der Waals surface area (Å²) < 4.78 is 10.5. The van der Waals surface area contributed by atoms with Crippen LogP contribution in [0.4, 0.5) is 0 Å². The van der Waals surface area contributed by atoms with Crippen LogP contribution in [0.25, 0.3) is 21.7 Å². The lowest BCUT2D eigenvalue weighted by atomic mass is 9.87. The maximum atomic E-state index is 12.5. The molecule has 4 rings (SSSR count). The van der Waals surface area contributed by atoms with Crippen molar-refractivity contribution < 1.29 is 19.4 Å². The third-order valence-corrected chi connectivity index (χ3v) is 4.91. The molecule has 1 heterocycles. The topological polar surface area (TPSA) is 79.9 Å². The summed E-state index contributed by atoms with van der Waals surface area (Å²) in [6.45, 7) is 1.69. The molecule has 3 aromatic carbocycles. The number of methoxy groups -OCH3 is 1. The van der Waals surface area contributed by atoms with Crippen LogP contribution in [-0.4, -0.2) is 17.3 Å². The van der Waals surface area contributed by atoms with Gasteiger partial charge in [0.1, 0.15) is 11.2 Å². The van der Waals surface area contributed by atoms with E-state index in [9.17, 15) is 15.0 Å². The van der Waals surface area contributed by atoms with Gasteiger partial charge in [-0.2, -0.15) is 0 Å². The number of ether oxygens (including phenoxy) is 1. The zero-order valence-corrected chi connectivity index (χ0v) is 14.9. The van der Waals surface area contributed by atoms with Crippen molar-refractivity contribution in [2.45, 2.75) is 12.5 Å². The molecule has 0 spiro atoms. The molecule has 0 amide bonds. The summed E-state index contributed by atoms with van der Waals surface area (Å²) in [6, 6.07) is 17.5. The summed E-state index contributed by atoms with van der Waals surface area (Å²) in [6.07, 6.45) is 0. The van der Waals surface area contributed by atoms with Crippen LogP contribution < -0.4 is 10.4 Å². The van der Waals surface area contributed by atoms with Crippen molar-refractivity contribution >= 4 is 21.7 Å². The van der Waals surface area contributed by atoms with E-state index in [1.54, 1.807) is 31.2 Å². The fraction of sp³-hybridized carbons (Fsp3) is 0.136. The summed E-state index contributed by atoms with van der Waals surface area (Å²) in [4.78, 5) is 12.5. The highest BCUT2D eigenvalue weighted by molar-refractivity contribution is 6.05. The van der Waals surface area contributed by atoms with Crippen LogP contribution in [0.2, 0.25) is 0 Å². The van der Waals surface area contributed by atoms with Crippen molar-refractivity contribution in [3.8, 4) is 11.5 Å². The van der Waals surface area contributed by atoms with Gasteiger partial charge in [-0.05, 0) is 30.2 Å². The number of aliphatic hydroxyl groups is 1. The molecule has 136 valence electrons. The number of benzene rings is 3. The molecule has 5 heteroatoms. The van der Waals surface area contributed by atoms with E-state index in [0.29, 0.717) is 21.7 Å². The Labute approximate surface area is 155 Å². The van der Waals surface area contributed by atoms with Gasteiger partial charge in [0.25, 0.3) is 0 Å². The van der Waals surface area contributed by atoms with Crippen molar-refractivity contribution in [2.75, 3.05) is 7.11 Å². The fourth-order valence-corrected chi connectivity index (χ4v) is 3.34. The van der Waals surface area contributed by atoms with Gasteiger partial charge >= 0.3 is 5.63 Å². The van der Waals surface area contributed by atoms with Crippen LogP contribution in [-0.2, 0) is 5.60 Å². The Kier molecular flexibility index (Phi) is 3.89. The third kappa shape index (κ3) is 2.73. The minimum absolute atomic E-state index is 0.101. The lowest BCUT2D eigenvalue weighted by molar-refractivity contribution is 0.102. The van der Waals surface area contributed by atoms with Crippen molar-refractivity contribution in [2.24, 2.45) is 0 Å². The molecule has 1 unspecified atom stereocenters. The standard InChI is InChI=1S/C22H18O5/c1-22(25,13-6-4-3-5-7-13)14-8-9-15-16-11-20(26-2)18(23)12-19(16)27-21(24)17(15)10-14/h3-12,23,25H,1-2H3. The lowest BCUT2D eigenvalue weighted by Crippen LogP contribution is -2.22. The van der Waals surface area contributed by atoms with E-state index in [1.165, 1.54) is 13.2 Å². The normalized spacial score (nSPS) is 13.6. The van der Waals surface area contributed by atoms with E-state index in [4.69, 9.17) is 9.15 Å². The largest absolute Gasteiger partial charge is 0.504 e. The first kappa shape index (κ1) is 17.1. The molecule has 0 aliphatic heterocycles. The highest BCUT2D eigenvalue weighted by Gasteiger charge is 2.26. The second kappa shape index (κ2) is 6.14. The molecular weight excluding hydrogens is 344 g/mol. The molecule has 4 aromatic rings. The minimum Gasteiger partial charge on any atom is -0.504 e. The Hall–Kier alpha value is -3.31. The predicted octanol–water partition coefficient (Wildman–Crippen LogP) is 3.92. The van der Waals surface area contributed by atoms with Crippen molar-refractivity contribution in [3.05, 3.63) is 82.2 Å². The van der Waals surface area contributed by atoms with E-state index >= 15 is 0 Å². The highest BCUT2D eigenvalue weighted by Crippen LogP contribution is 2.36. The molecule has 0 aliphatic rings. The number of rotatable bonds is 3. The molecule has 1 aromatic heterocycles. The van der Waals surface area contributed by atoms with Gasteiger partial charge in [0.05, 0.1) is 12.5 Å². The quantitative estimate of drug-likeness (QED) is 0.427. The number of hydrogen-bond donors (Lipinski definition) is 2. The Morgan fingerprint density at radius 1 is 0.926 bits per heavy atom. The Bertz CT molecular complexity index is 1210. The van der Waals surface area contributed by atoms with Gasteiger partial charge in [-0.15, -0.1) is 0 Å². The summed E-state index contributed by atoms with van der Waals surface area (Å²) in [7, 11) is 1.46. The van der Waals surface area contributed by atoms with Crippen LogP contribution in [0.1, 0.15) is 18.1 Å². The minimum atomic E-state index is -1.26. The lowest BCUT2D eigenvalue weighted by Gasteiger charge is -2.24. The molecule has 0 radical (unpaired) electrons. The molecule has 0 aliphatic carbocycles. The molecule has 0 bridgehead atoms. The van der Waals surface area contributed by atoms with Gasteiger partial charge < -0.3 is 19.4 Å². The first-order valence-corrected chi connectivity index (χ1v) is 8.48. The van der Waals surface area contributed by atoms with Crippen LogP contribution >= 0.6 is 0 Å². The molecule has 2 N–H and O–H groups in total. The van der Waals surface area contributed by atoms with Crippen molar-refractivity contribution in [1.82, 2.24) is 0 Å². The first-order chi connectivity index (χ1) is 12.9. The average Bonchev–Trinajstić information content (AvgIpc) is 2.68. The fourth-order valence-electron chi connectivity index (χ4n) is 3.34. The Morgan fingerprint density at radius 2 is 1.67 bits per heavy atom.